The van der Waals surface area contributed by atoms with Gasteiger partial charge >= 0.3 is 0 Å². The SMILES string of the molecule is CC(C)Cc1ccc(C=O)n1Cc1ccccc1. The van der Waals surface area contributed by atoms with Crippen LogP contribution in [-0.2, 0) is 13.0 Å². The van der Waals surface area contributed by atoms with Gasteiger partial charge in [-0.25, -0.2) is 0 Å². The molecule has 0 bridgehead atoms. The lowest BCUT2D eigenvalue weighted by atomic mass is 10.1. The van der Waals surface area contributed by atoms with Crippen LogP contribution in [0.25, 0.3) is 0 Å². The Kier molecular flexibility index (Phi) is 3.98. The second-order valence-electron chi connectivity index (χ2n) is 5.04. The summed E-state index contributed by atoms with van der Waals surface area (Å²) < 4.78 is 2.11. The number of rotatable bonds is 5. The molecule has 0 aliphatic heterocycles. The summed E-state index contributed by atoms with van der Waals surface area (Å²) in [7, 11) is 0. The summed E-state index contributed by atoms with van der Waals surface area (Å²) in [5.41, 5.74) is 3.22. The Balaban J connectivity index is 2.29. The number of carbonyl (C=O) groups is 1. The number of hydrogen-bond acceptors (Lipinski definition) is 1. The number of aldehydes is 1. The molecule has 0 radical (unpaired) electrons. The molecule has 0 spiro atoms. The molecule has 0 N–H and O–H groups in total. The van der Waals surface area contributed by atoms with E-state index in [9.17, 15) is 4.79 Å². The Bertz CT molecular complexity index is 511. The van der Waals surface area contributed by atoms with Crippen LogP contribution in [0, 0.1) is 5.92 Å². The molecule has 1 heterocycles. The zero-order chi connectivity index (χ0) is 13.0. The topological polar surface area (TPSA) is 22.0 Å². The van der Waals surface area contributed by atoms with Crippen LogP contribution in [0.2, 0.25) is 0 Å². The van der Waals surface area contributed by atoms with Gasteiger partial charge in [0.2, 0.25) is 0 Å². The van der Waals surface area contributed by atoms with Crippen LogP contribution in [0.4, 0.5) is 0 Å². The normalized spacial score (nSPS) is 10.8. The molecular formula is C16H19NO. The van der Waals surface area contributed by atoms with E-state index in [-0.39, 0.29) is 0 Å². The van der Waals surface area contributed by atoms with Crippen molar-refractivity contribution < 1.29 is 4.79 Å². The summed E-state index contributed by atoms with van der Waals surface area (Å²) in [6.07, 6.45) is 1.94. The molecule has 1 aromatic carbocycles. The molecule has 2 aromatic rings. The first-order valence-electron chi connectivity index (χ1n) is 6.38. The van der Waals surface area contributed by atoms with Crippen molar-refractivity contribution >= 4 is 6.29 Å². The fourth-order valence-electron chi connectivity index (χ4n) is 2.19. The first-order valence-corrected chi connectivity index (χ1v) is 6.38. The highest BCUT2D eigenvalue weighted by Gasteiger charge is 2.09. The van der Waals surface area contributed by atoms with Gasteiger partial charge in [0.15, 0.2) is 6.29 Å². The van der Waals surface area contributed by atoms with Crippen LogP contribution in [0.1, 0.15) is 35.6 Å². The van der Waals surface area contributed by atoms with Gasteiger partial charge in [0.1, 0.15) is 0 Å². The van der Waals surface area contributed by atoms with Gasteiger partial charge in [-0.15, -0.1) is 0 Å². The molecule has 1 aromatic heterocycles. The summed E-state index contributed by atoms with van der Waals surface area (Å²) in [6.45, 7) is 5.16. The van der Waals surface area contributed by atoms with E-state index < -0.39 is 0 Å². The van der Waals surface area contributed by atoms with Gasteiger partial charge in [-0.3, -0.25) is 4.79 Å². The van der Waals surface area contributed by atoms with Crippen molar-refractivity contribution in [3.63, 3.8) is 0 Å². The minimum atomic E-state index is 0.592. The van der Waals surface area contributed by atoms with Crippen LogP contribution in [0.3, 0.4) is 0 Å². The number of carbonyl (C=O) groups excluding carboxylic acids is 1. The lowest BCUT2D eigenvalue weighted by molar-refractivity contribution is 0.111. The van der Waals surface area contributed by atoms with Crippen molar-refractivity contribution in [1.29, 1.82) is 0 Å². The Morgan fingerprint density at radius 2 is 1.83 bits per heavy atom. The summed E-state index contributed by atoms with van der Waals surface area (Å²) in [5.74, 6) is 0.592. The maximum Gasteiger partial charge on any atom is 0.166 e. The zero-order valence-corrected chi connectivity index (χ0v) is 11.0. The quantitative estimate of drug-likeness (QED) is 0.734. The van der Waals surface area contributed by atoms with Gasteiger partial charge < -0.3 is 4.57 Å². The third kappa shape index (κ3) is 2.89. The summed E-state index contributed by atoms with van der Waals surface area (Å²) >= 11 is 0. The fraction of sp³-hybridized carbons (Fsp3) is 0.312. The van der Waals surface area contributed by atoms with Crippen molar-refractivity contribution in [2.75, 3.05) is 0 Å². The van der Waals surface area contributed by atoms with Gasteiger partial charge in [0.25, 0.3) is 0 Å². The second-order valence-corrected chi connectivity index (χ2v) is 5.04. The van der Waals surface area contributed by atoms with Crippen LogP contribution < -0.4 is 0 Å². The molecule has 0 amide bonds. The fourth-order valence-corrected chi connectivity index (χ4v) is 2.19. The number of hydrogen-bond donors (Lipinski definition) is 0. The maximum absolute atomic E-state index is 11.1. The Morgan fingerprint density at radius 1 is 1.11 bits per heavy atom. The second kappa shape index (κ2) is 5.67. The lowest BCUT2D eigenvalue weighted by Crippen LogP contribution is -2.09. The molecule has 0 aliphatic carbocycles. The van der Waals surface area contributed by atoms with Gasteiger partial charge in [-0.05, 0) is 30.0 Å². The van der Waals surface area contributed by atoms with E-state index in [4.69, 9.17) is 0 Å². The lowest BCUT2D eigenvalue weighted by Gasteiger charge is -2.13. The van der Waals surface area contributed by atoms with Crippen molar-refractivity contribution in [2.24, 2.45) is 5.92 Å². The Labute approximate surface area is 108 Å². The van der Waals surface area contributed by atoms with Gasteiger partial charge in [-0.2, -0.15) is 0 Å². The first kappa shape index (κ1) is 12.6. The minimum absolute atomic E-state index is 0.592. The van der Waals surface area contributed by atoms with E-state index in [1.54, 1.807) is 0 Å². The van der Waals surface area contributed by atoms with Gasteiger partial charge in [0, 0.05) is 12.2 Å². The van der Waals surface area contributed by atoms with E-state index in [1.807, 2.05) is 24.3 Å². The van der Waals surface area contributed by atoms with Crippen LogP contribution in [-0.4, -0.2) is 10.9 Å². The van der Waals surface area contributed by atoms with Crippen molar-refractivity contribution in [1.82, 2.24) is 4.57 Å². The molecule has 0 atom stereocenters. The average Bonchev–Trinajstić information content (AvgIpc) is 2.72. The molecule has 2 nitrogen and oxygen atoms in total. The number of nitrogens with zero attached hydrogens (tertiary/aromatic N) is 1. The smallest absolute Gasteiger partial charge is 0.166 e. The molecule has 0 aliphatic rings. The standard InChI is InChI=1S/C16H19NO/c1-13(2)10-15-8-9-16(12-18)17(15)11-14-6-4-3-5-7-14/h3-9,12-13H,10-11H2,1-2H3. The number of benzene rings is 1. The van der Waals surface area contributed by atoms with Gasteiger partial charge in [-0.1, -0.05) is 44.2 Å². The highest BCUT2D eigenvalue weighted by molar-refractivity contribution is 5.72. The Hall–Kier alpha value is -1.83. The molecule has 2 heteroatoms. The highest BCUT2D eigenvalue weighted by atomic mass is 16.1. The zero-order valence-electron chi connectivity index (χ0n) is 11.0. The molecule has 94 valence electrons. The third-order valence-electron chi connectivity index (χ3n) is 3.03. The van der Waals surface area contributed by atoms with Crippen molar-refractivity contribution in [3.05, 3.63) is 59.4 Å². The largest absolute Gasteiger partial charge is 0.338 e. The first-order chi connectivity index (χ1) is 8.70. The van der Waals surface area contributed by atoms with E-state index in [2.05, 4.69) is 36.6 Å². The summed E-state index contributed by atoms with van der Waals surface area (Å²) in [4.78, 5) is 11.1. The monoisotopic (exact) mass is 241 g/mol. The maximum atomic E-state index is 11.1. The van der Waals surface area contributed by atoms with Crippen molar-refractivity contribution in [2.45, 2.75) is 26.8 Å². The molecule has 2 rings (SSSR count). The molecule has 0 unspecified atom stereocenters. The highest BCUT2D eigenvalue weighted by Crippen LogP contribution is 2.15. The minimum Gasteiger partial charge on any atom is -0.338 e. The summed E-state index contributed by atoms with van der Waals surface area (Å²) in [5, 5.41) is 0. The van der Waals surface area contributed by atoms with E-state index >= 15 is 0 Å². The molecule has 0 fully saturated rings. The van der Waals surface area contributed by atoms with E-state index in [0.717, 1.165) is 24.9 Å². The predicted octanol–water partition coefficient (Wildman–Crippen LogP) is 3.55. The summed E-state index contributed by atoms with van der Waals surface area (Å²) in [6, 6.07) is 14.2. The van der Waals surface area contributed by atoms with Crippen LogP contribution in [0.15, 0.2) is 42.5 Å². The average molecular weight is 241 g/mol. The molecular weight excluding hydrogens is 222 g/mol. The van der Waals surface area contributed by atoms with Crippen molar-refractivity contribution in [3.8, 4) is 0 Å². The molecule has 0 saturated carbocycles. The van der Waals surface area contributed by atoms with E-state index in [1.165, 1.54) is 11.3 Å². The number of aromatic nitrogens is 1. The van der Waals surface area contributed by atoms with Crippen LogP contribution >= 0.6 is 0 Å². The molecule has 18 heavy (non-hydrogen) atoms. The molecule has 0 saturated heterocycles. The predicted molar refractivity (Wildman–Crippen MR) is 73.9 cm³/mol. The van der Waals surface area contributed by atoms with E-state index in [0.29, 0.717) is 5.92 Å². The van der Waals surface area contributed by atoms with Crippen LogP contribution in [0.5, 0.6) is 0 Å². The van der Waals surface area contributed by atoms with Gasteiger partial charge in [0.05, 0.1) is 5.69 Å². The third-order valence-corrected chi connectivity index (χ3v) is 3.03. The Morgan fingerprint density at radius 3 is 2.44 bits per heavy atom.